The van der Waals surface area contributed by atoms with Crippen LogP contribution in [-0.4, -0.2) is 48.6 Å². The summed E-state index contributed by atoms with van der Waals surface area (Å²) in [6.07, 6.45) is 2.66. The van der Waals surface area contributed by atoms with E-state index in [-0.39, 0.29) is 0 Å². The minimum Gasteiger partial charge on any atom is -0.462 e. The lowest BCUT2D eigenvalue weighted by atomic mass is 10.2. The number of nitrogen functional groups attached to an aromatic ring is 1. The Bertz CT molecular complexity index is 451. The van der Waals surface area contributed by atoms with E-state index in [0.29, 0.717) is 23.7 Å². The number of hydrogen-bond donors (Lipinski definition) is 2. The first kappa shape index (κ1) is 17.2. The van der Waals surface area contributed by atoms with Gasteiger partial charge < -0.3 is 20.7 Å². The van der Waals surface area contributed by atoms with E-state index in [2.05, 4.69) is 29.0 Å². The number of esters is 1. The van der Waals surface area contributed by atoms with E-state index < -0.39 is 5.97 Å². The number of ether oxygens (including phenoxy) is 1. The highest BCUT2D eigenvalue weighted by Crippen LogP contribution is 2.16. The number of nitrogens with one attached hydrogen (secondary N) is 1. The largest absolute Gasteiger partial charge is 0.462 e. The highest BCUT2D eigenvalue weighted by atomic mass is 16.5. The SMILES string of the molecule is CCCN(CC)CCNc1ncc(N)cc1C(=O)OCC. The van der Waals surface area contributed by atoms with Gasteiger partial charge in [0.1, 0.15) is 11.4 Å². The van der Waals surface area contributed by atoms with Gasteiger partial charge >= 0.3 is 5.97 Å². The van der Waals surface area contributed by atoms with Gasteiger partial charge in [0.25, 0.3) is 0 Å². The van der Waals surface area contributed by atoms with Gasteiger partial charge in [-0.1, -0.05) is 13.8 Å². The van der Waals surface area contributed by atoms with Crippen molar-refractivity contribution in [2.75, 3.05) is 43.8 Å². The summed E-state index contributed by atoms with van der Waals surface area (Å²) >= 11 is 0. The molecule has 0 bridgehead atoms. The Hall–Kier alpha value is -1.82. The van der Waals surface area contributed by atoms with Crippen molar-refractivity contribution in [3.63, 3.8) is 0 Å². The van der Waals surface area contributed by atoms with Crippen LogP contribution in [0.2, 0.25) is 0 Å². The van der Waals surface area contributed by atoms with Crippen LogP contribution < -0.4 is 11.1 Å². The van der Waals surface area contributed by atoms with Gasteiger partial charge in [-0.15, -0.1) is 0 Å². The van der Waals surface area contributed by atoms with Crippen LogP contribution >= 0.6 is 0 Å². The number of rotatable bonds is 9. The van der Waals surface area contributed by atoms with E-state index in [1.807, 2.05) is 0 Å². The molecule has 0 spiro atoms. The molecule has 0 amide bonds. The fraction of sp³-hybridized carbons (Fsp3) is 0.600. The molecular weight excluding hydrogens is 268 g/mol. The Morgan fingerprint density at radius 3 is 2.76 bits per heavy atom. The predicted molar refractivity (Wildman–Crippen MR) is 85.5 cm³/mol. The van der Waals surface area contributed by atoms with Crippen molar-refractivity contribution in [2.24, 2.45) is 0 Å². The smallest absolute Gasteiger partial charge is 0.341 e. The third kappa shape index (κ3) is 5.59. The molecule has 1 rings (SSSR count). The van der Waals surface area contributed by atoms with Crippen molar-refractivity contribution in [3.8, 4) is 0 Å². The quantitative estimate of drug-likeness (QED) is 0.678. The van der Waals surface area contributed by atoms with E-state index in [1.165, 1.54) is 6.20 Å². The number of nitrogens with zero attached hydrogens (tertiary/aromatic N) is 2. The van der Waals surface area contributed by atoms with Crippen molar-refractivity contribution < 1.29 is 9.53 Å². The third-order valence-electron chi connectivity index (χ3n) is 3.11. The maximum Gasteiger partial charge on any atom is 0.341 e. The normalized spacial score (nSPS) is 10.7. The average Bonchev–Trinajstić information content (AvgIpc) is 2.47. The molecule has 21 heavy (non-hydrogen) atoms. The minimum atomic E-state index is -0.402. The van der Waals surface area contributed by atoms with E-state index in [0.717, 1.165) is 32.6 Å². The van der Waals surface area contributed by atoms with Crippen molar-refractivity contribution in [2.45, 2.75) is 27.2 Å². The number of aromatic nitrogens is 1. The molecule has 0 unspecified atom stereocenters. The maximum absolute atomic E-state index is 11.9. The van der Waals surface area contributed by atoms with Gasteiger partial charge in [-0.05, 0) is 32.5 Å². The molecule has 6 heteroatoms. The number of carbonyl (C=O) groups excluding carboxylic acids is 1. The monoisotopic (exact) mass is 294 g/mol. The minimum absolute atomic E-state index is 0.327. The van der Waals surface area contributed by atoms with E-state index in [4.69, 9.17) is 10.5 Å². The topological polar surface area (TPSA) is 80.5 Å². The number of pyridine rings is 1. The van der Waals surface area contributed by atoms with Crippen LogP contribution in [0.1, 0.15) is 37.6 Å². The van der Waals surface area contributed by atoms with Gasteiger partial charge in [0, 0.05) is 13.1 Å². The predicted octanol–water partition coefficient (Wildman–Crippen LogP) is 1.98. The molecule has 118 valence electrons. The molecular formula is C15H26N4O2. The number of nitrogens with two attached hydrogens (primary N) is 1. The number of carbonyl (C=O) groups is 1. The van der Waals surface area contributed by atoms with Gasteiger partial charge in [0.15, 0.2) is 0 Å². The van der Waals surface area contributed by atoms with Crippen LogP contribution in [-0.2, 0) is 4.74 Å². The lowest BCUT2D eigenvalue weighted by Crippen LogP contribution is -2.30. The average molecular weight is 294 g/mol. The molecule has 0 aromatic carbocycles. The highest BCUT2D eigenvalue weighted by molar-refractivity contribution is 5.95. The zero-order valence-electron chi connectivity index (χ0n) is 13.2. The highest BCUT2D eigenvalue weighted by Gasteiger charge is 2.14. The molecule has 1 heterocycles. The molecule has 3 N–H and O–H groups in total. The molecule has 0 saturated heterocycles. The lowest BCUT2D eigenvalue weighted by Gasteiger charge is -2.20. The molecule has 0 aliphatic rings. The van der Waals surface area contributed by atoms with Crippen LogP contribution in [0.3, 0.4) is 0 Å². The van der Waals surface area contributed by atoms with Crippen molar-refractivity contribution in [3.05, 3.63) is 17.8 Å². The molecule has 0 atom stereocenters. The molecule has 0 aliphatic heterocycles. The van der Waals surface area contributed by atoms with Crippen LogP contribution in [0.25, 0.3) is 0 Å². The Balaban J connectivity index is 2.67. The number of hydrogen-bond acceptors (Lipinski definition) is 6. The van der Waals surface area contributed by atoms with E-state index in [9.17, 15) is 4.79 Å². The summed E-state index contributed by atoms with van der Waals surface area (Å²) in [5, 5.41) is 3.19. The Labute approximate surface area is 126 Å². The molecule has 1 aromatic heterocycles. The van der Waals surface area contributed by atoms with E-state index in [1.54, 1.807) is 13.0 Å². The summed E-state index contributed by atoms with van der Waals surface area (Å²) in [5.41, 5.74) is 6.53. The lowest BCUT2D eigenvalue weighted by molar-refractivity contribution is 0.0527. The third-order valence-corrected chi connectivity index (χ3v) is 3.11. The molecule has 0 radical (unpaired) electrons. The second-order valence-corrected chi connectivity index (χ2v) is 4.75. The van der Waals surface area contributed by atoms with Crippen molar-refractivity contribution in [1.82, 2.24) is 9.88 Å². The van der Waals surface area contributed by atoms with Gasteiger partial charge in [0.2, 0.25) is 0 Å². The zero-order chi connectivity index (χ0) is 15.7. The Morgan fingerprint density at radius 2 is 2.14 bits per heavy atom. The Kier molecular flexibility index (Phi) is 7.53. The summed E-state index contributed by atoms with van der Waals surface area (Å²) in [4.78, 5) is 18.4. The van der Waals surface area contributed by atoms with Gasteiger partial charge in [-0.3, -0.25) is 0 Å². The second kappa shape index (κ2) is 9.18. The van der Waals surface area contributed by atoms with Crippen molar-refractivity contribution in [1.29, 1.82) is 0 Å². The molecule has 0 saturated carbocycles. The summed E-state index contributed by atoms with van der Waals surface area (Å²) in [7, 11) is 0. The van der Waals surface area contributed by atoms with Crippen LogP contribution in [0.4, 0.5) is 11.5 Å². The van der Waals surface area contributed by atoms with Crippen LogP contribution in [0, 0.1) is 0 Å². The Morgan fingerprint density at radius 1 is 1.38 bits per heavy atom. The first-order valence-electron chi connectivity index (χ1n) is 7.51. The summed E-state index contributed by atoms with van der Waals surface area (Å²) in [6.45, 7) is 10.1. The first-order valence-corrected chi connectivity index (χ1v) is 7.51. The number of anilines is 2. The maximum atomic E-state index is 11.9. The van der Waals surface area contributed by atoms with Crippen LogP contribution in [0.5, 0.6) is 0 Å². The van der Waals surface area contributed by atoms with Gasteiger partial charge in [-0.25, -0.2) is 9.78 Å². The van der Waals surface area contributed by atoms with Crippen molar-refractivity contribution >= 4 is 17.5 Å². The second-order valence-electron chi connectivity index (χ2n) is 4.75. The summed E-state index contributed by atoms with van der Waals surface area (Å²) < 4.78 is 5.03. The molecule has 6 nitrogen and oxygen atoms in total. The fourth-order valence-corrected chi connectivity index (χ4v) is 2.06. The summed E-state index contributed by atoms with van der Waals surface area (Å²) in [6, 6.07) is 1.59. The van der Waals surface area contributed by atoms with Crippen LogP contribution in [0.15, 0.2) is 12.3 Å². The van der Waals surface area contributed by atoms with E-state index >= 15 is 0 Å². The van der Waals surface area contributed by atoms with Gasteiger partial charge in [-0.2, -0.15) is 0 Å². The molecule has 1 aromatic rings. The summed E-state index contributed by atoms with van der Waals surface area (Å²) in [5.74, 6) is 0.121. The molecule has 0 aliphatic carbocycles. The fourth-order valence-electron chi connectivity index (χ4n) is 2.06. The first-order chi connectivity index (χ1) is 10.1. The number of likely N-dealkylation sites (N-methyl/N-ethyl adjacent to an activating group) is 1. The molecule has 0 fully saturated rings. The zero-order valence-corrected chi connectivity index (χ0v) is 13.2. The standard InChI is InChI=1S/C15H26N4O2/c1-4-8-19(5-2)9-7-17-14-13(15(20)21-6-3)10-12(16)11-18-14/h10-11H,4-9,16H2,1-3H3,(H,17,18). The van der Waals surface area contributed by atoms with Gasteiger partial charge in [0.05, 0.1) is 18.5 Å².